The molecule has 0 radical (unpaired) electrons. The van der Waals surface area contributed by atoms with Gasteiger partial charge in [0.15, 0.2) is 5.96 Å². The highest BCUT2D eigenvalue weighted by molar-refractivity contribution is 5.92. The molecule has 144 valence electrons. The average molecular weight is 360 g/mol. The van der Waals surface area contributed by atoms with Gasteiger partial charge in [-0.3, -0.25) is 9.79 Å². The number of likely N-dealkylation sites (tertiary alicyclic amines) is 1. The Balaban J connectivity index is 1.71. The molecule has 1 saturated heterocycles. The first-order valence-electron chi connectivity index (χ1n) is 9.65. The largest absolute Gasteiger partial charge is 0.355 e. The second-order valence-electron chi connectivity index (χ2n) is 7.10. The minimum absolute atomic E-state index is 0.0179. The number of guanidine groups is 1. The van der Waals surface area contributed by atoms with Crippen molar-refractivity contribution < 1.29 is 4.79 Å². The van der Waals surface area contributed by atoms with E-state index in [1.165, 1.54) is 32.4 Å². The third-order valence-electron chi connectivity index (χ3n) is 4.60. The normalized spacial score (nSPS) is 15.8. The highest BCUT2D eigenvalue weighted by Gasteiger charge is 2.09. The highest BCUT2D eigenvalue weighted by atomic mass is 16.1. The van der Waals surface area contributed by atoms with Gasteiger partial charge >= 0.3 is 0 Å². The highest BCUT2D eigenvalue weighted by Crippen LogP contribution is 2.11. The maximum Gasteiger partial charge on any atom is 0.226 e. The lowest BCUT2D eigenvalue weighted by molar-refractivity contribution is -0.118. The fraction of sp³-hybridized carbons (Fsp3) is 0.600. The van der Waals surface area contributed by atoms with Gasteiger partial charge in [0.05, 0.1) is 0 Å². The Hall–Kier alpha value is -2.08. The van der Waals surface area contributed by atoms with Crippen molar-refractivity contribution in [3.05, 3.63) is 29.8 Å². The van der Waals surface area contributed by atoms with Crippen molar-refractivity contribution in [2.24, 2.45) is 10.9 Å². The number of carbonyl (C=O) groups excluding carboxylic acids is 1. The summed E-state index contributed by atoms with van der Waals surface area (Å²) < 4.78 is 0. The first-order valence-corrected chi connectivity index (χ1v) is 9.65. The summed E-state index contributed by atoms with van der Waals surface area (Å²) in [5.41, 5.74) is 1.98. The third-order valence-corrected chi connectivity index (χ3v) is 4.60. The zero-order valence-corrected chi connectivity index (χ0v) is 16.3. The van der Waals surface area contributed by atoms with Crippen molar-refractivity contribution in [2.75, 3.05) is 38.5 Å². The number of aliphatic imine (C=N–C) groups is 1. The van der Waals surface area contributed by atoms with Crippen molar-refractivity contribution in [2.45, 2.75) is 39.7 Å². The molecule has 26 heavy (non-hydrogen) atoms. The zero-order valence-electron chi connectivity index (χ0n) is 16.3. The third kappa shape index (κ3) is 7.04. The Morgan fingerprint density at radius 3 is 2.42 bits per heavy atom. The van der Waals surface area contributed by atoms with Gasteiger partial charge in [-0.15, -0.1) is 0 Å². The smallest absolute Gasteiger partial charge is 0.226 e. The van der Waals surface area contributed by atoms with Gasteiger partial charge in [-0.2, -0.15) is 0 Å². The number of carbonyl (C=O) groups is 1. The minimum Gasteiger partial charge on any atom is -0.355 e. The van der Waals surface area contributed by atoms with E-state index >= 15 is 0 Å². The molecule has 1 amide bonds. The maximum absolute atomic E-state index is 11.7. The molecule has 0 unspecified atom stereocenters. The van der Waals surface area contributed by atoms with Gasteiger partial charge in [0, 0.05) is 38.3 Å². The molecule has 1 aromatic rings. The van der Waals surface area contributed by atoms with Crippen LogP contribution in [-0.4, -0.2) is 50.0 Å². The van der Waals surface area contributed by atoms with E-state index in [-0.39, 0.29) is 11.8 Å². The molecule has 1 aliphatic heterocycles. The van der Waals surface area contributed by atoms with Crippen molar-refractivity contribution in [3.8, 4) is 0 Å². The number of rotatable bonds is 7. The van der Waals surface area contributed by atoms with Crippen LogP contribution in [0.2, 0.25) is 0 Å². The Morgan fingerprint density at radius 2 is 1.81 bits per heavy atom. The SMILES string of the molecule is CN=C(NCCN1CCCCC1)NCc1ccc(NC(=O)C(C)C)cc1. The van der Waals surface area contributed by atoms with Crippen LogP contribution in [0.15, 0.2) is 29.3 Å². The van der Waals surface area contributed by atoms with E-state index in [2.05, 4.69) is 25.8 Å². The second-order valence-corrected chi connectivity index (χ2v) is 7.10. The van der Waals surface area contributed by atoms with E-state index < -0.39 is 0 Å². The molecule has 6 heteroatoms. The summed E-state index contributed by atoms with van der Waals surface area (Å²) in [6, 6.07) is 7.90. The van der Waals surface area contributed by atoms with E-state index in [9.17, 15) is 4.79 Å². The monoisotopic (exact) mass is 359 g/mol. The number of nitrogens with one attached hydrogen (secondary N) is 3. The molecule has 0 aromatic heterocycles. The first-order chi connectivity index (χ1) is 12.6. The van der Waals surface area contributed by atoms with E-state index in [0.717, 1.165) is 30.3 Å². The summed E-state index contributed by atoms with van der Waals surface area (Å²) >= 11 is 0. The maximum atomic E-state index is 11.7. The van der Waals surface area contributed by atoms with Crippen LogP contribution in [0.25, 0.3) is 0 Å². The minimum atomic E-state index is -0.0179. The second kappa shape index (κ2) is 10.8. The molecular formula is C20H33N5O. The number of hydrogen-bond donors (Lipinski definition) is 3. The van der Waals surface area contributed by atoms with Gasteiger partial charge < -0.3 is 20.9 Å². The molecule has 0 bridgehead atoms. The topological polar surface area (TPSA) is 68.8 Å². The van der Waals surface area contributed by atoms with Crippen LogP contribution in [-0.2, 0) is 11.3 Å². The Labute approximate surface area is 157 Å². The number of amides is 1. The predicted octanol–water partition coefficient (Wildman–Crippen LogP) is 2.43. The zero-order chi connectivity index (χ0) is 18.8. The number of hydrogen-bond acceptors (Lipinski definition) is 3. The fourth-order valence-corrected chi connectivity index (χ4v) is 2.91. The molecule has 0 saturated carbocycles. The molecule has 2 rings (SSSR count). The lowest BCUT2D eigenvalue weighted by atomic mass is 10.1. The van der Waals surface area contributed by atoms with Crippen LogP contribution < -0.4 is 16.0 Å². The van der Waals surface area contributed by atoms with Gasteiger partial charge in [-0.1, -0.05) is 32.4 Å². The van der Waals surface area contributed by atoms with Gasteiger partial charge in [0.1, 0.15) is 0 Å². The van der Waals surface area contributed by atoms with Gasteiger partial charge in [-0.05, 0) is 43.6 Å². The predicted molar refractivity (Wildman–Crippen MR) is 108 cm³/mol. The number of piperidine rings is 1. The average Bonchev–Trinajstić information content (AvgIpc) is 2.66. The van der Waals surface area contributed by atoms with Crippen molar-refractivity contribution >= 4 is 17.6 Å². The summed E-state index contributed by atoms with van der Waals surface area (Å²) in [5.74, 6) is 0.837. The van der Waals surface area contributed by atoms with E-state index in [4.69, 9.17) is 0 Å². The summed E-state index contributed by atoms with van der Waals surface area (Å²) in [6.07, 6.45) is 4.01. The Kier molecular flexibility index (Phi) is 8.41. The molecule has 6 nitrogen and oxygen atoms in total. The molecule has 1 fully saturated rings. The molecule has 1 heterocycles. The first kappa shape index (κ1) is 20.2. The van der Waals surface area contributed by atoms with E-state index in [0.29, 0.717) is 6.54 Å². The van der Waals surface area contributed by atoms with Gasteiger partial charge in [-0.25, -0.2) is 0 Å². The molecular weight excluding hydrogens is 326 g/mol. The summed E-state index contributed by atoms with van der Waals surface area (Å²) in [6.45, 7) is 8.86. The van der Waals surface area contributed by atoms with Crippen molar-refractivity contribution in [1.29, 1.82) is 0 Å². The van der Waals surface area contributed by atoms with Gasteiger partial charge in [0.2, 0.25) is 5.91 Å². The number of nitrogens with zero attached hydrogens (tertiary/aromatic N) is 2. The van der Waals surface area contributed by atoms with Gasteiger partial charge in [0.25, 0.3) is 0 Å². The van der Waals surface area contributed by atoms with E-state index in [1.54, 1.807) is 7.05 Å². The quantitative estimate of drug-likeness (QED) is 0.517. The van der Waals surface area contributed by atoms with Crippen LogP contribution in [0.5, 0.6) is 0 Å². The van der Waals surface area contributed by atoms with E-state index in [1.807, 2.05) is 38.1 Å². The summed E-state index contributed by atoms with van der Waals surface area (Å²) in [7, 11) is 1.79. The van der Waals surface area contributed by atoms with Crippen LogP contribution in [0.1, 0.15) is 38.7 Å². The van der Waals surface area contributed by atoms with Crippen molar-refractivity contribution in [3.63, 3.8) is 0 Å². The molecule has 1 aromatic carbocycles. The Bertz CT molecular complexity index is 576. The summed E-state index contributed by atoms with van der Waals surface area (Å²) in [4.78, 5) is 18.5. The molecule has 0 aliphatic carbocycles. The van der Waals surface area contributed by atoms with Crippen molar-refractivity contribution in [1.82, 2.24) is 15.5 Å². The molecule has 1 aliphatic rings. The molecule has 0 spiro atoms. The lowest BCUT2D eigenvalue weighted by Gasteiger charge is -2.26. The molecule has 0 atom stereocenters. The van der Waals surface area contributed by atoms with Crippen LogP contribution in [0.4, 0.5) is 5.69 Å². The molecule has 3 N–H and O–H groups in total. The number of anilines is 1. The van der Waals surface area contributed by atoms with Crippen LogP contribution >= 0.6 is 0 Å². The summed E-state index contributed by atoms with van der Waals surface area (Å²) in [5, 5.41) is 9.62. The fourth-order valence-electron chi connectivity index (χ4n) is 2.91. The Morgan fingerprint density at radius 1 is 1.12 bits per heavy atom. The van der Waals surface area contributed by atoms with Crippen LogP contribution in [0, 0.1) is 5.92 Å². The van der Waals surface area contributed by atoms with Crippen LogP contribution in [0.3, 0.4) is 0 Å². The standard InChI is InChI=1S/C20H33N5O/c1-16(2)19(26)24-18-9-7-17(8-10-18)15-23-20(21-3)22-11-14-25-12-5-4-6-13-25/h7-10,16H,4-6,11-15H2,1-3H3,(H,24,26)(H2,21,22,23). The lowest BCUT2D eigenvalue weighted by Crippen LogP contribution is -2.42. The number of benzene rings is 1.